The lowest BCUT2D eigenvalue weighted by atomic mass is 10.0. The summed E-state index contributed by atoms with van der Waals surface area (Å²) in [7, 11) is 0. The van der Waals surface area contributed by atoms with Gasteiger partial charge in [0.05, 0.1) is 29.9 Å². The predicted octanol–water partition coefficient (Wildman–Crippen LogP) is 3.64. The van der Waals surface area contributed by atoms with Gasteiger partial charge in [-0.05, 0) is 50.1 Å². The van der Waals surface area contributed by atoms with Gasteiger partial charge >= 0.3 is 0 Å². The van der Waals surface area contributed by atoms with E-state index in [1.54, 1.807) is 16.8 Å². The van der Waals surface area contributed by atoms with E-state index in [0.717, 1.165) is 29.6 Å². The first kappa shape index (κ1) is 17.0. The Labute approximate surface area is 161 Å². The van der Waals surface area contributed by atoms with Crippen molar-refractivity contribution in [1.29, 1.82) is 0 Å². The zero-order chi connectivity index (χ0) is 19.3. The number of rotatable bonds is 0. The highest BCUT2D eigenvalue weighted by atomic mass is 19.1. The first-order valence-corrected chi connectivity index (χ1v) is 9.58. The van der Waals surface area contributed by atoms with Crippen LogP contribution in [0.15, 0.2) is 42.7 Å². The number of anilines is 1. The van der Waals surface area contributed by atoms with Gasteiger partial charge in [-0.2, -0.15) is 5.10 Å². The lowest BCUT2D eigenvalue weighted by molar-refractivity contribution is 0.0537. The van der Waals surface area contributed by atoms with Crippen molar-refractivity contribution in [2.45, 2.75) is 31.9 Å². The molecule has 1 aromatic carbocycles. The number of ether oxygens (including phenoxy) is 1. The molecule has 2 aliphatic heterocycles. The number of fused-ring (bicyclic) bond motifs is 4. The van der Waals surface area contributed by atoms with Crippen LogP contribution in [-0.2, 0) is 0 Å². The van der Waals surface area contributed by atoms with Crippen molar-refractivity contribution >= 4 is 17.1 Å². The summed E-state index contributed by atoms with van der Waals surface area (Å²) in [6.45, 7) is 3.18. The Morgan fingerprint density at radius 2 is 2.18 bits per heavy atom. The van der Waals surface area contributed by atoms with Crippen molar-refractivity contribution in [3.63, 3.8) is 0 Å². The molecule has 1 amide bonds. The molecule has 7 heteroatoms. The van der Waals surface area contributed by atoms with Crippen LogP contribution in [0.5, 0.6) is 5.75 Å². The normalized spacial score (nSPS) is 21.9. The van der Waals surface area contributed by atoms with E-state index >= 15 is 0 Å². The molecule has 4 heterocycles. The number of piperidine rings is 1. The number of pyridine rings is 1. The van der Waals surface area contributed by atoms with Crippen LogP contribution in [-0.4, -0.2) is 39.6 Å². The van der Waals surface area contributed by atoms with Gasteiger partial charge in [0.1, 0.15) is 17.7 Å². The van der Waals surface area contributed by atoms with E-state index in [2.05, 4.69) is 10.4 Å². The summed E-state index contributed by atoms with van der Waals surface area (Å²) in [6.07, 6.45) is 5.05. The average molecular weight is 380 g/mol. The summed E-state index contributed by atoms with van der Waals surface area (Å²) in [6, 6.07) is 8.25. The summed E-state index contributed by atoms with van der Waals surface area (Å²) < 4.78 is 21.9. The molecular formula is C21H21FN4O2. The Balaban J connectivity index is 1.65. The fraction of sp³-hybridized carbons (Fsp3) is 0.333. The van der Waals surface area contributed by atoms with E-state index in [0.29, 0.717) is 24.4 Å². The third-order valence-corrected chi connectivity index (χ3v) is 5.53. The second kappa shape index (κ2) is 6.51. The molecule has 2 aliphatic rings. The van der Waals surface area contributed by atoms with E-state index < -0.39 is 0 Å². The van der Waals surface area contributed by atoms with Crippen molar-refractivity contribution in [1.82, 2.24) is 14.5 Å². The molecule has 5 rings (SSSR count). The molecule has 0 unspecified atom stereocenters. The van der Waals surface area contributed by atoms with E-state index in [1.165, 1.54) is 12.1 Å². The second-order valence-corrected chi connectivity index (χ2v) is 7.48. The van der Waals surface area contributed by atoms with Crippen LogP contribution < -0.4 is 10.1 Å². The average Bonchev–Trinajstić information content (AvgIpc) is 3.11. The standard InChI is InChI=1S/C21H21FN4O2/c1-13-17-9-14(22)4-5-20(17)28-16-3-2-7-25(12-16)21(27)18-11-23-26-8-6-15(24-13)10-19(18)26/h4-6,8-11,13,16,24H,2-3,7,12H2,1H3/t13-,16-/m1/s1. The van der Waals surface area contributed by atoms with Crippen LogP contribution in [0.2, 0.25) is 0 Å². The smallest absolute Gasteiger partial charge is 0.257 e. The Hall–Kier alpha value is -3.09. The Kier molecular flexibility index (Phi) is 3.96. The number of hydrogen-bond acceptors (Lipinski definition) is 4. The molecule has 28 heavy (non-hydrogen) atoms. The Morgan fingerprint density at radius 1 is 1.29 bits per heavy atom. The van der Waals surface area contributed by atoms with Crippen LogP contribution in [0.1, 0.15) is 41.7 Å². The van der Waals surface area contributed by atoms with Crippen LogP contribution in [0.25, 0.3) is 5.52 Å². The van der Waals surface area contributed by atoms with Crippen molar-refractivity contribution in [3.8, 4) is 5.75 Å². The molecule has 4 bridgehead atoms. The molecule has 3 aromatic rings. The first-order chi connectivity index (χ1) is 13.6. The predicted molar refractivity (Wildman–Crippen MR) is 103 cm³/mol. The van der Waals surface area contributed by atoms with Gasteiger partial charge in [0.2, 0.25) is 0 Å². The highest BCUT2D eigenvalue weighted by Gasteiger charge is 2.29. The molecule has 1 N–H and O–H groups in total. The number of halogens is 1. The van der Waals surface area contributed by atoms with Crippen molar-refractivity contribution in [2.75, 3.05) is 18.4 Å². The van der Waals surface area contributed by atoms with Gasteiger partial charge < -0.3 is 15.0 Å². The molecule has 1 saturated heterocycles. The molecule has 144 valence electrons. The number of aromatic nitrogens is 2. The van der Waals surface area contributed by atoms with Crippen LogP contribution >= 0.6 is 0 Å². The maximum absolute atomic E-state index is 14.0. The highest BCUT2D eigenvalue weighted by molar-refractivity contribution is 6.01. The van der Waals surface area contributed by atoms with Gasteiger partial charge in [-0.1, -0.05) is 0 Å². The van der Waals surface area contributed by atoms with E-state index in [1.807, 2.05) is 30.2 Å². The fourth-order valence-electron chi connectivity index (χ4n) is 4.10. The number of benzene rings is 1. The highest BCUT2D eigenvalue weighted by Crippen LogP contribution is 2.32. The minimum absolute atomic E-state index is 0.0351. The molecule has 0 aliphatic carbocycles. The number of carbonyl (C=O) groups is 1. The SMILES string of the molecule is C[C@H]1Nc2ccn3ncc(c3c2)C(=O)N2CCC[C@H](C2)Oc2ccc(F)cc21. The van der Waals surface area contributed by atoms with E-state index in [9.17, 15) is 9.18 Å². The number of nitrogens with zero attached hydrogens (tertiary/aromatic N) is 3. The third-order valence-electron chi connectivity index (χ3n) is 5.53. The quantitative estimate of drug-likeness (QED) is 0.647. The Bertz CT molecular complexity index is 1060. The van der Waals surface area contributed by atoms with Gasteiger partial charge in [0.25, 0.3) is 5.91 Å². The Morgan fingerprint density at radius 3 is 3.07 bits per heavy atom. The van der Waals surface area contributed by atoms with Gasteiger partial charge in [-0.25, -0.2) is 8.91 Å². The zero-order valence-electron chi connectivity index (χ0n) is 15.6. The van der Waals surface area contributed by atoms with Crippen molar-refractivity contribution in [2.24, 2.45) is 0 Å². The topological polar surface area (TPSA) is 58.9 Å². The van der Waals surface area contributed by atoms with Crippen LogP contribution in [0.3, 0.4) is 0 Å². The largest absolute Gasteiger partial charge is 0.488 e. The number of carbonyl (C=O) groups excluding carboxylic acids is 1. The molecule has 2 aromatic heterocycles. The van der Waals surface area contributed by atoms with E-state index in [4.69, 9.17) is 4.74 Å². The van der Waals surface area contributed by atoms with Crippen molar-refractivity contribution in [3.05, 3.63) is 59.7 Å². The number of hydrogen-bond donors (Lipinski definition) is 1. The third kappa shape index (κ3) is 2.87. The van der Waals surface area contributed by atoms with Crippen molar-refractivity contribution < 1.29 is 13.9 Å². The lowest BCUT2D eigenvalue weighted by Crippen LogP contribution is -2.44. The minimum atomic E-state index is -0.297. The number of amides is 1. The molecule has 0 radical (unpaired) electrons. The summed E-state index contributed by atoms with van der Waals surface area (Å²) in [5, 5.41) is 7.72. The first-order valence-electron chi connectivity index (χ1n) is 9.58. The molecule has 1 fully saturated rings. The molecule has 0 saturated carbocycles. The molecular weight excluding hydrogens is 359 g/mol. The minimum Gasteiger partial charge on any atom is -0.488 e. The summed E-state index contributed by atoms with van der Waals surface area (Å²) >= 11 is 0. The molecule has 6 nitrogen and oxygen atoms in total. The second-order valence-electron chi connectivity index (χ2n) is 7.48. The molecule has 2 atom stereocenters. The summed E-state index contributed by atoms with van der Waals surface area (Å²) in [5.41, 5.74) is 2.93. The van der Waals surface area contributed by atoms with Gasteiger partial charge in [0, 0.05) is 24.0 Å². The lowest BCUT2D eigenvalue weighted by Gasteiger charge is -2.33. The fourth-order valence-corrected chi connectivity index (χ4v) is 4.10. The molecule has 0 spiro atoms. The number of nitrogens with one attached hydrogen (secondary N) is 1. The maximum Gasteiger partial charge on any atom is 0.257 e. The van der Waals surface area contributed by atoms with Gasteiger partial charge in [-0.15, -0.1) is 0 Å². The zero-order valence-corrected chi connectivity index (χ0v) is 15.6. The van der Waals surface area contributed by atoms with Crippen LogP contribution in [0, 0.1) is 5.82 Å². The van der Waals surface area contributed by atoms with E-state index in [-0.39, 0.29) is 23.9 Å². The summed E-state index contributed by atoms with van der Waals surface area (Å²) in [5.74, 6) is 0.324. The monoisotopic (exact) mass is 380 g/mol. The van der Waals surface area contributed by atoms with Crippen LogP contribution in [0.4, 0.5) is 10.1 Å². The van der Waals surface area contributed by atoms with Gasteiger partial charge in [-0.3, -0.25) is 4.79 Å². The summed E-state index contributed by atoms with van der Waals surface area (Å²) in [4.78, 5) is 15.0. The maximum atomic E-state index is 14.0. The van der Waals surface area contributed by atoms with Gasteiger partial charge in [0.15, 0.2) is 0 Å².